The SMILES string of the molecule is CCN(CC)CCN(C(=O)c1cccc([N+](=O)[O-])c1)c1nc2ccc(SC)cc2s1. The van der Waals surface area contributed by atoms with Crippen LogP contribution < -0.4 is 4.90 Å². The van der Waals surface area contributed by atoms with Crippen molar-refractivity contribution in [2.75, 3.05) is 37.3 Å². The number of nitro groups is 1. The van der Waals surface area contributed by atoms with E-state index in [1.54, 1.807) is 22.7 Å². The van der Waals surface area contributed by atoms with Gasteiger partial charge in [-0.1, -0.05) is 31.3 Å². The minimum atomic E-state index is -0.487. The van der Waals surface area contributed by atoms with Crippen LogP contribution in [0.2, 0.25) is 0 Å². The summed E-state index contributed by atoms with van der Waals surface area (Å²) < 4.78 is 1.01. The molecule has 0 N–H and O–H groups in total. The van der Waals surface area contributed by atoms with E-state index in [9.17, 15) is 14.9 Å². The Kier molecular flexibility index (Phi) is 7.41. The molecule has 2 aromatic carbocycles. The van der Waals surface area contributed by atoms with Crippen LogP contribution in [-0.4, -0.2) is 53.1 Å². The Morgan fingerprint density at radius 3 is 2.60 bits per heavy atom. The highest BCUT2D eigenvalue weighted by Crippen LogP contribution is 2.32. The largest absolute Gasteiger partial charge is 0.302 e. The molecule has 1 heterocycles. The van der Waals surface area contributed by atoms with Crippen LogP contribution in [-0.2, 0) is 0 Å². The van der Waals surface area contributed by atoms with E-state index in [-0.39, 0.29) is 17.2 Å². The fourth-order valence-electron chi connectivity index (χ4n) is 3.11. The average molecular weight is 445 g/mol. The summed E-state index contributed by atoms with van der Waals surface area (Å²) in [7, 11) is 0. The summed E-state index contributed by atoms with van der Waals surface area (Å²) in [5.74, 6) is -0.282. The van der Waals surface area contributed by atoms with Crippen molar-refractivity contribution in [2.24, 2.45) is 0 Å². The van der Waals surface area contributed by atoms with Gasteiger partial charge in [0.05, 0.1) is 15.1 Å². The number of thioether (sulfide) groups is 1. The molecule has 0 aliphatic carbocycles. The predicted octanol–water partition coefficient (Wildman–Crippen LogP) is 4.92. The summed E-state index contributed by atoms with van der Waals surface area (Å²) in [5, 5.41) is 11.8. The zero-order chi connectivity index (χ0) is 21.7. The Bertz CT molecular complexity index is 1050. The molecule has 1 amide bonds. The van der Waals surface area contributed by atoms with Crippen molar-refractivity contribution < 1.29 is 9.72 Å². The molecule has 30 heavy (non-hydrogen) atoms. The maximum Gasteiger partial charge on any atom is 0.270 e. The molecule has 0 aliphatic rings. The number of thiazole rings is 1. The Hall–Kier alpha value is -2.49. The molecule has 0 radical (unpaired) electrons. The standard InChI is InChI=1S/C21H24N4O3S2/c1-4-23(5-2)11-12-24(20(26)15-7-6-8-16(13-15)25(27)28)21-22-18-10-9-17(29-3)14-19(18)30-21/h6-10,13-14H,4-5,11-12H2,1-3H3. The normalized spacial score (nSPS) is 11.2. The van der Waals surface area contributed by atoms with Crippen molar-refractivity contribution in [1.29, 1.82) is 0 Å². The number of benzene rings is 2. The van der Waals surface area contributed by atoms with Crippen molar-refractivity contribution in [3.05, 3.63) is 58.1 Å². The molecule has 0 atom stereocenters. The summed E-state index contributed by atoms with van der Waals surface area (Å²) in [6.45, 7) is 7.08. The van der Waals surface area contributed by atoms with Crippen LogP contribution >= 0.6 is 23.1 Å². The van der Waals surface area contributed by atoms with Gasteiger partial charge in [-0.05, 0) is 43.6 Å². The number of aromatic nitrogens is 1. The number of nitro benzene ring substituents is 1. The van der Waals surface area contributed by atoms with Crippen LogP contribution in [0.4, 0.5) is 10.8 Å². The number of fused-ring (bicyclic) bond motifs is 1. The molecular weight excluding hydrogens is 420 g/mol. The van der Waals surface area contributed by atoms with Gasteiger partial charge < -0.3 is 4.90 Å². The van der Waals surface area contributed by atoms with Crippen LogP contribution in [0.25, 0.3) is 10.2 Å². The summed E-state index contributed by atoms with van der Waals surface area (Å²) in [6.07, 6.45) is 2.02. The Labute approximate surface area is 183 Å². The van der Waals surface area contributed by atoms with E-state index in [0.29, 0.717) is 18.2 Å². The third kappa shape index (κ3) is 4.97. The van der Waals surface area contributed by atoms with Gasteiger partial charge in [-0.25, -0.2) is 4.98 Å². The van der Waals surface area contributed by atoms with Crippen LogP contribution in [0.3, 0.4) is 0 Å². The quantitative estimate of drug-likeness (QED) is 0.265. The number of carbonyl (C=O) groups excluding carboxylic acids is 1. The van der Waals surface area contributed by atoms with Crippen LogP contribution in [0, 0.1) is 10.1 Å². The lowest BCUT2D eigenvalue weighted by atomic mass is 10.2. The summed E-state index contributed by atoms with van der Waals surface area (Å²) in [4.78, 5) is 33.7. The third-order valence-electron chi connectivity index (χ3n) is 4.90. The van der Waals surface area contributed by atoms with Gasteiger partial charge in [-0.3, -0.25) is 19.8 Å². The van der Waals surface area contributed by atoms with Gasteiger partial charge in [0.2, 0.25) is 0 Å². The molecule has 0 fully saturated rings. The number of likely N-dealkylation sites (N-methyl/N-ethyl adjacent to an activating group) is 1. The number of nitrogens with zero attached hydrogens (tertiary/aromatic N) is 4. The molecule has 0 saturated heterocycles. The average Bonchev–Trinajstić information content (AvgIpc) is 3.19. The van der Waals surface area contributed by atoms with Crippen molar-refractivity contribution in [2.45, 2.75) is 18.7 Å². The van der Waals surface area contributed by atoms with Crippen LogP contribution in [0.15, 0.2) is 47.4 Å². The maximum atomic E-state index is 13.4. The van der Waals surface area contributed by atoms with Gasteiger partial charge in [-0.2, -0.15) is 0 Å². The minimum Gasteiger partial charge on any atom is -0.302 e. The molecule has 0 unspecified atom stereocenters. The van der Waals surface area contributed by atoms with E-state index in [2.05, 4.69) is 29.8 Å². The van der Waals surface area contributed by atoms with Gasteiger partial charge >= 0.3 is 0 Å². The highest BCUT2D eigenvalue weighted by Gasteiger charge is 2.23. The molecule has 7 nitrogen and oxygen atoms in total. The van der Waals surface area contributed by atoms with E-state index in [0.717, 1.165) is 28.2 Å². The number of anilines is 1. The van der Waals surface area contributed by atoms with Crippen molar-refractivity contribution in [1.82, 2.24) is 9.88 Å². The minimum absolute atomic E-state index is 0.0987. The highest BCUT2D eigenvalue weighted by atomic mass is 32.2. The Balaban J connectivity index is 1.98. The Morgan fingerprint density at radius 1 is 1.17 bits per heavy atom. The van der Waals surface area contributed by atoms with Crippen molar-refractivity contribution in [3.8, 4) is 0 Å². The van der Waals surface area contributed by atoms with Crippen LogP contribution in [0.5, 0.6) is 0 Å². The molecule has 0 bridgehead atoms. The number of amides is 1. The van der Waals surface area contributed by atoms with Gasteiger partial charge in [0, 0.05) is 35.7 Å². The fourth-order valence-corrected chi connectivity index (χ4v) is 4.65. The van der Waals surface area contributed by atoms with E-state index >= 15 is 0 Å². The molecule has 1 aromatic heterocycles. The highest BCUT2D eigenvalue weighted by molar-refractivity contribution is 7.98. The lowest BCUT2D eigenvalue weighted by molar-refractivity contribution is -0.384. The zero-order valence-corrected chi connectivity index (χ0v) is 18.8. The van der Waals surface area contributed by atoms with Gasteiger partial charge in [0.25, 0.3) is 11.6 Å². The summed E-state index contributed by atoms with van der Waals surface area (Å²) in [5.41, 5.74) is 1.03. The first-order valence-corrected chi connectivity index (χ1v) is 11.7. The molecule has 3 aromatic rings. The summed E-state index contributed by atoms with van der Waals surface area (Å²) >= 11 is 3.12. The predicted molar refractivity (Wildman–Crippen MR) is 124 cm³/mol. The summed E-state index contributed by atoms with van der Waals surface area (Å²) in [6, 6.07) is 11.9. The molecule has 158 valence electrons. The maximum absolute atomic E-state index is 13.4. The lowest BCUT2D eigenvalue weighted by Crippen LogP contribution is -2.38. The molecule has 0 spiro atoms. The number of carbonyl (C=O) groups is 1. The van der Waals surface area contributed by atoms with Crippen molar-refractivity contribution in [3.63, 3.8) is 0 Å². The first-order chi connectivity index (χ1) is 14.5. The van der Waals surface area contributed by atoms with Gasteiger partial charge in [0.15, 0.2) is 5.13 Å². The third-order valence-corrected chi connectivity index (χ3v) is 6.67. The smallest absolute Gasteiger partial charge is 0.270 e. The van der Waals surface area contributed by atoms with E-state index in [4.69, 9.17) is 0 Å². The molecule has 9 heteroatoms. The number of hydrogen-bond donors (Lipinski definition) is 0. The zero-order valence-electron chi connectivity index (χ0n) is 17.2. The van der Waals surface area contributed by atoms with E-state index in [1.807, 2.05) is 18.4 Å². The number of rotatable bonds is 9. The van der Waals surface area contributed by atoms with Crippen molar-refractivity contribution >= 4 is 50.0 Å². The topological polar surface area (TPSA) is 79.6 Å². The molecule has 3 rings (SSSR count). The first kappa shape index (κ1) is 22.2. The van der Waals surface area contributed by atoms with Gasteiger partial charge in [-0.15, -0.1) is 11.8 Å². The van der Waals surface area contributed by atoms with E-state index in [1.165, 1.54) is 29.5 Å². The second kappa shape index (κ2) is 10.0. The number of hydrogen-bond acceptors (Lipinski definition) is 7. The second-order valence-electron chi connectivity index (χ2n) is 6.62. The molecule has 0 aliphatic heterocycles. The molecular formula is C21H24N4O3S2. The monoisotopic (exact) mass is 444 g/mol. The Morgan fingerprint density at radius 2 is 1.93 bits per heavy atom. The van der Waals surface area contributed by atoms with E-state index < -0.39 is 4.92 Å². The second-order valence-corrected chi connectivity index (χ2v) is 8.51. The molecule has 0 saturated carbocycles. The van der Waals surface area contributed by atoms with Crippen LogP contribution in [0.1, 0.15) is 24.2 Å². The van der Waals surface area contributed by atoms with Gasteiger partial charge in [0.1, 0.15) is 0 Å². The first-order valence-electron chi connectivity index (χ1n) is 9.70. The lowest BCUT2D eigenvalue weighted by Gasteiger charge is -2.24. The number of non-ortho nitro benzene ring substituents is 1. The fraction of sp³-hybridized carbons (Fsp3) is 0.333.